The van der Waals surface area contributed by atoms with Crippen molar-refractivity contribution < 1.29 is 9.50 Å². The molecule has 0 aliphatic rings. The summed E-state index contributed by atoms with van der Waals surface area (Å²) in [6.45, 7) is 0.919. The topological polar surface area (TPSA) is 73.8 Å². The fraction of sp³-hybridized carbons (Fsp3) is 0.176. The smallest absolute Gasteiger partial charge is 0.123 e. The third-order valence-electron chi connectivity index (χ3n) is 3.58. The Labute approximate surface area is 133 Å². The van der Waals surface area contributed by atoms with Crippen molar-refractivity contribution >= 4 is 0 Å². The van der Waals surface area contributed by atoms with Gasteiger partial charge in [-0.2, -0.15) is 5.10 Å². The average molecular weight is 312 g/mol. The predicted octanol–water partition coefficient (Wildman–Crippen LogP) is 2.43. The molecule has 0 amide bonds. The molecular weight excluding hydrogens is 295 g/mol. The molecule has 6 heteroatoms. The zero-order valence-corrected chi connectivity index (χ0v) is 12.4. The molecule has 0 fully saturated rings. The number of hydrogen-bond donors (Lipinski definition) is 3. The molecule has 0 bridgehead atoms. The Balaban J connectivity index is 1.59. The molecule has 0 saturated heterocycles. The van der Waals surface area contributed by atoms with Crippen molar-refractivity contribution in [2.45, 2.75) is 12.6 Å². The van der Waals surface area contributed by atoms with Crippen LogP contribution < -0.4 is 5.32 Å². The first-order valence-electron chi connectivity index (χ1n) is 7.31. The number of aromatic nitrogens is 3. The number of nitrogens with one attached hydrogen (secondary N) is 2. The molecule has 0 aliphatic carbocycles. The van der Waals surface area contributed by atoms with Crippen LogP contribution in [-0.2, 0) is 6.54 Å². The van der Waals surface area contributed by atoms with Gasteiger partial charge in [0.2, 0.25) is 0 Å². The second-order valence-corrected chi connectivity index (χ2v) is 5.21. The van der Waals surface area contributed by atoms with Crippen LogP contribution in [0.15, 0.2) is 55.0 Å². The summed E-state index contributed by atoms with van der Waals surface area (Å²) >= 11 is 0. The molecule has 2 aromatic heterocycles. The first-order valence-corrected chi connectivity index (χ1v) is 7.31. The van der Waals surface area contributed by atoms with E-state index in [1.165, 1.54) is 12.1 Å². The van der Waals surface area contributed by atoms with Crippen molar-refractivity contribution in [3.8, 4) is 11.3 Å². The largest absolute Gasteiger partial charge is 0.387 e. The number of aliphatic hydroxyl groups excluding tert-OH is 1. The maximum absolute atomic E-state index is 12.9. The third kappa shape index (κ3) is 3.80. The van der Waals surface area contributed by atoms with Gasteiger partial charge >= 0.3 is 0 Å². The van der Waals surface area contributed by atoms with Gasteiger partial charge in [0.25, 0.3) is 0 Å². The van der Waals surface area contributed by atoms with Gasteiger partial charge in [0.05, 0.1) is 18.0 Å². The second kappa shape index (κ2) is 7.13. The van der Waals surface area contributed by atoms with E-state index in [0.717, 1.165) is 16.8 Å². The van der Waals surface area contributed by atoms with Gasteiger partial charge in [-0.1, -0.05) is 12.1 Å². The van der Waals surface area contributed by atoms with E-state index in [-0.39, 0.29) is 5.82 Å². The number of H-pyrrole nitrogens is 1. The molecule has 3 aromatic rings. The highest BCUT2D eigenvalue weighted by atomic mass is 19.1. The molecule has 0 aliphatic heterocycles. The first kappa shape index (κ1) is 15.3. The summed E-state index contributed by atoms with van der Waals surface area (Å²) < 4.78 is 12.9. The molecule has 3 N–H and O–H groups in total. The van der Waals surface area contributed by atoms with Gasteiger partial charge in [0.1, 0.15) is 5.82 Å². The molecule has 118 valence electrons. The monoisotopic (exact) mass is 312 g/mol. The van der Waals surface area contributed by atoms with E-state index in [9.17, 15) is 9.50 Å². The van der Waals surface area contributed by atoms with Crippen LogP contribution in [-0.4, -0.2) is 26.8 Å². The Morgan fingerprint density at radius 3 is 2.74 bits per heavy atom. The van der Waals surface area contributed by atoms with Crippen LogP contribution in [0, 0.1) is 5.82 Å². The van der Waals surface area contributed by atoms with Gasteiger partial charge in [-0.15, -0.1) is 0 Å². The van der Waals surface area contributed by atoms with Crippen LogP contribution in [0.25, 0.3) is 11.3 Å². The van der Waals surface area contributed by atoms with E-state index in [4.69, 9.17) is 0 Å². The molecule has 5 nitrogen and oxygen atoms in total. The quantitative estimate of drug-likeness (QED) is 0.653. The maximum Gasteiger partial charge on any atom is 0.123 e. The fourth-order valence-corrected chi connectivity index (χ4v) is 2.35. The van der Waals surface area contributed by atoms with Crippen LogP contribution >= 0.6 is 0 Å². The lowest BCUT2D eigenvalue weighted by Crippen LogP contribution is -2.21. The summed E-state index contributed by atoms with van der Waals surface area (Å²) in [5, 5.41) is 20.3. The minimum absolute atomic E-state index is 0.312. The molecule has 1 aromatic carbocycles. The van der Waals surface area contributed by atoms with E-state index in [0.29, 0.717) is 18.7 Å². The minimum Gasteiger partial charge on any atom is -0.387 e. The van der Waals surface area contributed by atoms with Crippen molar-refractivity contribution in [1.29, 1.82) is 0 Å². The number of benzene rings is 1. The highest BCUT2D eigenvalue weighted by Crippen LogP contribution is 2.20. The highest BCUT2D eigenvalue weighted by Gasteiger charge is 2.10. The molecular formula is C17H17FN4O. The second-order valence-electron chi connectivity index (χ2n) is 5.21. The number of aromatic amines is 1. The Bertz CT molecular complexity index is 743. The molecule has 0 radical (unpaired) electrons. The summed E-state index contributed by atoms with van der Waals surface area (Å²) in [4.78, 5) is 4.10. The van der Waals surface area contributed by atoms with E-state index >= 15 is 0 Å². The molecule has 0 spiro atoms. The SMILES string of the molecule is O[C@H](CNCc1cn[nH]c1-c1cccnc1)c1ccc(F)cc1. The van der Waals surface area contributed by atoms with Gasteiger partial charge < -0.3 is 10.4 Å². The van der Waals surface area contributed by atoms with Crippen molar-refractivity contribution in [2.75, 3.05) is 6.54 Å². The molecule has 23 heavy (non-hydrogen) atoms. The summed E-state index contributed by atoms with van der Waals surface area (Å²) in [5.74, 6) is -0.312. The van der Waals surface area contributed by atoms with Crippen LogP contribution in [0.5, 0.6) is 0 Å². The Hall–Kier alpha value is -2.57. The average Bonchev–Trinajstić information content (AvgIpc) is 3.05. The first-order chi connectivity index (χ1) is 11.2. The summed E-state index contributed by atoms with van der Waals surface area (Å²) in [6.07, 6.45) is 4.55. The summed E-state index contributed by atoms with van der Waals surface area (Å²) in [6, 6.07) is 9.68. The van der Waals surface area contributed by atoms with Crippen molar-refractivity contribution in [2.24, 2.45) is 0 Å². The number of rotatable bonds is 6. The normalized spacial score (nSPS) is 12.3. The van der Waals surface area contributed by atoms with E-state index < -0.39 is 6.10 Å². The summed E-state index contributed by atoms with van der Waals surface area (Å²) in [7, 11) is 0. The number of hydrogen-bond acceptors (Lipinski definition) is 4. The van der Waals surface area contributed by atoms with E-state index in [1.807, 2.05) is 12.1 Å². The molecule has 0 saturated carbocycles. The lowest BCUT2D eigenvalue weighted by atomic mass is 10.1. The Morgan fingerprint density at radius 1 is 1.17 bits per heavy atom. The zero-order chi connectivity index (χ0) is 16.1. The summed E-state index contributed by atoms with van der Waals surface area (Å²) in [5.41, 5.74) is 3.53. The van der Waals surface area contributed by atoms with Gasteiger partial charge in [-0.05, 0) is 29.8 Å². The highest BCUT2D eigenvalue weighted by molar-refractivity contribution is 5.61. The van der Waals surface area contributed by atoms with E-state index in [2.05, 4.69) is 20.5 Å². The lowest BCUT2D eigenvalue weighted by molar-refractivity contribution is 0.174. The van der Waals surface area contributed by atoms with Crippen molar-refractivity contribution in [1.82, 2.24) is 20.5 Å². The predicted molar refractivity (Wildman–Crippen MR) is 84.9 cm³/mol. The minimum atomic E-state index is -0.690. The molecule has 2 heterocycles. The lowest BCUT2D eigenvalue weighted by Gasteiger charge is -2.12. The standard InChI is InChI=1S/C17H17FN4O/c18-15-5-3-12(4-6-15)16(23)11-20-9-14-10-21-22-17(14)13-2-1-7-19-8-13/h1-8,10,16,20,23H,9,11H2,(H,21,22)/t16-/m1/s1. The molecule has 3 rings (SSSR count). The fourth-order valence-electron chi connectivity index (χ4n) is 2.35. The van der Waals surface area contributed by atoms with Crippen molar-refractivity contribution in [3.05, 3.63) is 71.9 Å². The molecule has 0 unspecified atom stereocenters. The Kier molecular flexibility index (Phi) is 4.75. The number of pyridine rings is 1. The van der Waals surface area contributed by atoms with Gasteiger partial charge in [-0.25, -0.2) is 4.39 Å². The van der Waals surface area contributed by atoms with Crippen LogP contribution in [0.3, 0.4) is 0 Å². The maximum atomic E-state index is 12.9. The number of halogens is 1. The third-order valence-corrected chi connectivity index (χ3v) is 3.58. The van der Waals surface area contributed by atoms with Crippen LogP contribution in [0.1, 0.15) is 17.2 Å². The Morgan fingerprint density at radius 2 is 2.00 bits per heavy atom. The molecule has 1 atom stereocenters. The van der Waals surface area contributed by atoms with Crippen LogP contribution in [0.2, 0.25) is 0 Å². The van der Waals surface area contributed by atoms with Crippen molar-refractivity contribution in [3.63, 3.8) is 0 Å². The zero-order valence-electron chi connectivity index (χ0n) is 12.4. The van der Waals surface area contributed by atoms with Gasteiger partial charge in [0, 0.05) is 36.6 Å². The van der Waals surface area contributed by atoms with Gasteiger partial charge in [0.15, 0.2) is 0 Å². The number of nitrogens with zero attached hydrogens (tertiary/aromatic N) is 2. The van der Waals surface area contributed by atoms with Gasteiger partial charge in [-0.3, -0.25) is 10.1 Å². The van der Waals surface area contributed by atoms with E-state index in [1.54, 1.807) is 30.7 Å². The number of aliphatic hydroxyl groups is 1. The van der Waals surface area contributed by atoms with Crippen LogP contribution in [0.4, 0.5) is 4.39 Å².